The summed E-state index contributed by atoms with van der Waals surface area (Å²) in [5.74, 6) is 0. The molecule has 0 spiro atoms. The van der Waals surface area contributed by atoms with Gasteiger partial charge in [-0.3, -0.25) is 0 Å². The lowest BCUT2D eigenvalue weighted by Gasteiger charge is -2.18. The topological polar surface area (TPSA) is 12.0 Å². The third kappa shape index (κ3) is 1.48. The first-order valence-electron chi connectivity index (χ1n) is 5.13. The molecule has 0 bridgehead atoms. The maximum absolute atomic E-state index is 7.61. The maximum atomic E-state index is 7.61. The Morgan fingerprint density at radius 1 is 2.00 bits per heavy atom. The van der Waals surface area contributed by atoms with Crippen LogP contribution in [0.2, 0.25) is 0 Å². The summed E-state index contributed by atoms with van der Waals surface area (Å²) in [5, 5.41) is 2.50. The van der Waals surface area contributed by atoms with Crippen molar-refractivity contribution >= 4 is 0 Å². The molecule has 42 valence electrons. The number of nitrogens with one attached hydrogen (secondary N) is 1. The molecule has 1 fully saturated rings. The van der Waals surface area contributed by atoms with Crippen molar-refractivity contribution in [2.75, 3.05) is 6.52 Å². The lowest BCUT2D eigenvalue weighted by molar-refractivity contribution is 0.425. The molecular weight excluding hydrogens is 86.1 g/mol. The molecule has 0 aliphatic carbocycles. The Morgan fingerprint density at radius 3 is 3.57 bits per heavy atom. The average Bonchev–Trinajstić information content (AvgIpc) is 1.83. The first-order valence-corrected chi connectivity index (χ1v) is 2.55. The van der Waals surface area contributed by atoms with Gasteiger partial charge in [-0.05, 0) is 26.2 Å². The van der Waals surface area contributed by atoms with Crippen molar-refractivity contribution < 1.29 is 6.85 Å². The zero-order valence-corrected chi connectivity index (χ0v) is 4.20. The van der Waals surface area contributed by atoms with E-state index in [1.807, 2.05) is 0 Å². The second kappa shape index (κ2) is 2.31. The largest absolute Gasteiger partial charge is 0.314 e. The van der Waals surface area contributed by atoms with E-state index < -0.39 is 19.4 Å². The highest BCUT2D eigenvalue weighted by atomic mass is 14.9. The Hall–Kier alpha value is -0.0400. The van der Waals surface area contributed by atoms with Gasteiger partial charge in [0, 0.05) is 12.9 Å². The van der Waals surface area contributed by atoms with Crippen LogP contribution in [0.1, 0.15) is 33.0 Å². The fourth-order valence-electron chi connectivity index (χ4n) is 0.648. The molecule has 1 saturated heterocycles. The Labute approximate surface area is 52.1 Å². The molecule has 1 aliphatic rings. The Bertz CT molecular complexity index is 168. The Morgan fingerprint density at radius 2 is 3.00 bits per heavy atom. The van der Waals surface area contributed by atoms with Crippen LogP contribution in [0.15, 0.2) is 0 Å². The van der Waals surface area contributed by atoms with Crippen LogP contribution < -0.4 is 5.32 Å². The van der Waals surface area contributed by atoms with Crippen molar-refractivity contribution in [2.24, 2.45) is 0 Å². The van der Waals surface area contributed by atoms with E-state index in [-0.39, 0.29) is 0 Å². The lowest BCUT2D eigenvalue weighted by Crippen LogP contribution is -2.30. The molecule has 1 heteroatoms. The highest BCUT2D eigenvalue weighted by Crippen LogP contribution is 2.04. The van der Waals surface area contributed by atoms with E-state index in [4.69, 9.17) is 6.85 Å². The number of piperidine rings is 1. The minimum absolute atomic E-state index is 0.304. The van der Waals surface area contributed by atoms with E-state index in [2.05, 4.69) is 5.32 Å². The van der Waals surface area contributed by atoms with Crippen molar-refractivity contribution in [3.8, 4) is 0 Å². The second-order valence-electron chi connectivity index (χ2n) is 1.72. The summed E-state index contributed by atoms with van der Waals surface area (Å²) >= 11 is 0. The zero-order valence-electron chi connectivity index (χ0n) is 9.20. The molecule has 0 aromatic carbocycles. The molecule has 0 aromatic rings. The smallest absolute Gasteiger partial charge is 0.0462 e. The summed E-state index contributed by atoms with van der Waals surface area (Å²) in [6.45, 7) is -2.93. The second-order valence-corrected chi connectivity index (χ2v) is 1.72. The van der Waals surface area contributed by atoms with Crippen LogP contribution in [0, 0.1) is 0 Å². The van der Waals surface area contributed by atoms with E-state index in [1.54, 1.807) is 0 Å². The SMILES string of the molecule is [2H]C1CCCC([2H])(C([2H])([2H])[2H])N1. The van der Waals surface area contributed by atoms with Crippen molar-refractivity contribution in [1.29, 1.82) is 0 Å². The van der Waals surface area contributed by atoms with E-state index >= 15 is 0 Å². The van der Waals surface area contributed by atoms with Crippen LogP contribution in [-0.2, 0) is 0 Å². The molecular formula is C6H13N. The van der Waals surface area contributed by atoms with Crippen molar-refractivity contribution in [2.45, 2.75) is 32.1 Å². The summed E-state index contributed by atoms with van der Waals surface area (Å²) in [6, 6.07) is -1.60. The summed E-state index contributed by atoms with van der Waals surface area (Å²) in [5.41, 5.74) is 0. The summed E-state index contributed by atoms with van der Waals surface area (Å²) in [6.07, 6.45) is 1.58. The maximum Gasteiger partial charge on any atom is 0.0462 e. The predicted molar refractivity (Wildman–Crippen MR) is 31.3 cm³/mol. The normalized spacial score (nSPS) is 66.3. The lowest BCUT2D eigenvalue weighted by atomic mass is 10.1. The van der Waals surface area contributed by atoms with Gasteiger partial charge in [0.25, 0.3) is 0 Å². The predicted octanol–water partition coefficient (Wildman–Crippen LogP) is 1.15. The van der Waals surface area contributed by atoms with Gasteiger partial charge in [0.05, 0.1) is 0 Å². The quantitative estimate of drug-likeness (QED) is 0.486. The minimum Gasteiger partial charge on any atom is -0.314 e. The Kier molecular flexibility index (Phi) is 0.571. The van der Waals surface area contributed by atoms with Crippen molar-refractivity contribution in [3.63, 3.8) is 0 Å². The van der Waals surface area contributed by atoms with Crippen LogP contribution in [0.5, 0.6) is 0 Å². The van der Waals surface area contributed by atoms with Crippen LogP contribution in [0.25, 0.3) is 0 Å². The average molecular weight is 104 g/mol. The molecule has 1 N–H and O–H groups in total. The molecule has 1 rings (SSSR count). The first kappa shape index (κ1) is 1.73. The van der Waals surface area contributed by atoms with Gasteiger partial charge in [-0.25, -0.2) is 0 Å². The van der Waals surface area contributed by atoms with Gasteiger partial charge in [-0.2, -0.15) is 0 Å². The van der Waals surface area contributed by atoms with Crippen molar-refractivity contribution in [3.05, 3.63) is 0 Å². The van der Waals surface area contributed by atoms with E-state index in [0.717, 1.165) is 0 Å². The molecule has 7 heavy (non-hydrogen) atoms. The van der Waals surface area contributed by atoms with Gasteiger partial charge in [-0.15, -0.1) is 0 Å². The summed E-state index contributed by atoms with van der Waals surface area (Å²) in [4.78, 5) is 0. The highest BCUT2D eigenvalue weighted by Gasteiger charge is 2.04. The first-order chi connectivity index (χ1) is 5.35. The third-order valence-electron chi connectivity index (χ3n) is 1.05. The fraction of sp³-hybridized carbons (Fsp3) is 1.00. The number of hydrogen-bond acceptors (Lipinski definition) is 1. The van der Waals surface area contributed by atoms with Gasteiger partial charge in [-0.1, -0.05) is 6.42 Å². The van der Waals surface area contributed by atoms with E-state index in [1.165, 1.54) is 0 Å². The highest BCUT2D eigenvalue weighted by molar-refractivity contribution is 4.65. The van der Waals surface area contributed by atoms with Crippen LogP contribution in [-0.4, -0.2) is 12.5 Å². The molecule has 0 saturated carbocycles. The number of hydrogen-bond donors (Lipinski definition) is 1. The van der Waals surface area contributed by atoms with Crippen molar-refractivity contribution in [1.82, 2.24) is 5.32 Å². The van der Waals surface area contributed by atoms with E-state index in [0.29, 0.717) is 19.3 Å². The van der Waals surface area contributed by atoms with Gasteiger partial charge in [0.1, 0.15) is 0 Å². The fourth-order valence-corrected chi connectivity index (χ4v) is 0.648. The van der Waals surface area contributed by atoms with Crippen LogP contribution >= 0.6 is 0 Å². The van der Waals surface area contributed by atoms with E-state index in [9.17, 15) is 0 Å². The molecule has 1 aliphatic heterocycles. The van der Waals surface area contributed by atoms with Gasteiger partial charge in [0.15, 0.2) is 0 Å². The minimum atomic E-state index is -2.33. The molecule has 0 amide bonds. The van der Waals surface area contributed by atoms with Gasteiger partial charge in [0.2, 0.25) is 0 Å². The summed E-state index contributed by atoms with van der Waals surface area (Å²) in [7, 11) is 0. The van der Waals surface area contributed by atoms with Crippen LogP contribution in [0.3, 0.4) is 0 Å². The molecule has 0 radical (unpaired) electrons. The molecule has 1 nitrogen and oxygen atoms in total. The molecule has 0 aromatic heterocycles. The van der Waals surface area contributed by atoms with Gasteiger partial charge >= 0.3 is 0 Å². The number of rotatable bonds is 0. The third-order valence-corrected chi connectivity index (χ3v) is 1.05. The molecule has 2 unspecified atom stereocenters. The molecule has 1 heterocycles. The molecule has 2 atom stereocenters. The van der Waals surface area contributed by atoms with Gasteiger partial charge < -0.3 is 5.32 Å². The monoisotopic (exact) mass is 104 g/mol. The van der Waals surface area contributed by atoms with Crippen LogP contribution in [0.4, 0.5) is 0 Å². The zero-order chi connectivity index (χ0) is 9.41. The standard InChI is InChI=1S/C6H13N/c1-6-4-2-3-5-7-6/h6-7H,2-5H2,1H3/i1D3,5D,6D. The Balaban J connectivity index is 2.70. The summed E-state index contributed by atoms with van der Waals surface area (Å²) < 4.78 is 36.3.